The molecular weight excluding hydrogens is 282 g/mol. The highest BCUT2D eigenvalue weighted by Gasteiger charge is 2.05. The second-order valence-corrected chi connectivity index (χ2v) is 4.82. The van der Waals surface area contributed by atoms with Gasteiger partial charge in [0.1, 0.15) is 11.6 Å². The largest absolute Gasteiger partial charge is 0.454 e. The standard InChI is InChI=1S/C19H18F2O/c1-2-3-7-16(20)12-10-15-11-13-18(21)19(14-15)22-17-8-5-4-6-9-17/h4-14H,2-3H2,1H3. The summed E-state index contributed by atoms with van der Waals surface area (Å²) >= 11 is 0. The third-order valence-electron chi connectivity index (χ3n) is 2.99. The van der Waals surface area contributed by atoms with E-state index in [2.05, 4.69) is 0 Å². The summed E-state index contributed by atoms with van der Waals surface area (Å²) in [4.78, 5) is 0. The van der Waals surface area contributed by atoms with Crippen molar-refractivity contribution in [2.75, 3.05) is 0 Å². The van der Waals surface area contributed by atoms with Crippen LogP contribution >= 0.6 is 0 Å². The predicted octanol–water partition coefficient (Wildman–Crippen LogP) is 6.28. The number of hydrogen-bond acceptors (Lipinski definition) is 1. The summed E-state index contributed by atoms with van der Waals surface area (Å²) in [6.45, 7) is 1.99. The van der Waals surface area contributed by atoms with Crippen molar-refractivity contribution < 1.29 is 13.5 Å². The zero-order valence-electron chi connectivity index (χ0n) is 12.4. The second-order valence-electron chi connectivity index (χ2n) is 4.82. The lowest BCUT2D eigenvalue weighted by Gasteiger charge is -2.07. The van der Waals surface area contributed by atoms with E-state index in [0.717, 1.165) is 6.42 Å². The van der Waals surface area contributed by atoms with E-state index in [1.54, 1.807) is 30.3 Å². The van der Waals surface area contributed by atoms with Crippen molar-refractivity contribution in [1.29, 1.82) is 0 Å². The summed E-state index contributed by atoms with van der Waals surface area (Å²) in [6.07, 6.45) is 6.09. The Labute approximate surface area is 129 Å². The molecule has 0 N–H and O–H groups in total. The molecule has 22 heavy (non-hydrogen) atoms. The summed E-state index contributed by atoms with van der Waals surface area (Å²) in [5, 5.41) is 0. The third kappa shape index (κ3) is 4.85. The first kappa shape index (κ1) is 16.0. The van der Waals surface area contributed by atoms with Gasteiger partial charge in [0.15, 0.2) is 11.6 Å². The van der Waals surface area contributed by atoms with Crippen molar-refractivity contribution in [2.24, 2.45) is 0 Å². The molecule has 0 heterocycles. The highest BCUT2D eigenvalue weighted by atomic mass is 19.1. The van der Waals surface area contributed by atoms with Gasteiger partial charge in [0, 0.05) is 0 Å². The van der Waals surface area contributed by atoms with Gasteiger partial charge in [-0.1, -0.05) is 43.7 Å². The van der Waals surface area contributed by atoms with Gasteiger partial charge >= 0.3 is 0 Å². The Morgan fingerprint density at radius 1 is 1.14 bits per heavy atom. The van der Waals surface area contributed by atoms with Gasteiger partial charge in [0.2, 0.25) is 0 Å². The fraction of sp³-hybridized carbons (Fsp3) is 0.158. The van der Waals surface area contributed by atoms with Crippen LogP contribution < -0.4 is 4.74 Å². The third-order valence-corrected chi connectivity index (χ3v) is 2.99. The highest BCUT2D eigenvalue weighted by Crippen LogP contribution is 2.26. The average molecular weight is 300 g/mol. The van der Waals surface area contributed by atoms with E-state index in [4.69, 9.17) is 4.74 Å². The number of halogens is 2. The quantitative estimate of drug-likeness (QED) is 0.570. The van der Waals surface area contributed by atoms with Crippen LogP contribution in [-0.2, 0) is 0 Å². The molecule has 3 heteroatoms. The Bertz CT molecular complexity index is 660. The fourth-order valence-corrected chi connectivity index (χ4v) is 1.84. The van der Waals surface area contributed by atoms with Crippen molar-refractivity contribution in [1.82, 2.24) is 0 Å². The molecule has 0 amide bonds. The minimum absolute atomic E-state index is 0.117. The van der Waals surface area contributed by atoms with Gasteiger partial charge in [-0.15, -0.1) is 0 Å². The number of ether oxygens (including phenoxy) is 1. The molecule has 0 saturated carbocycles. The summed E-state index contributed by atoms with van der Waals surface area (Å²) in [6, 6.07) is 13.4. The van der Waals surface area contributed by atoms with Crippen molar-refractivity contribution in [3.05, 3.63) is 77.9 Å². The van der Waals surface area contributed by atoms with Gasteiger partial charge in [0.25, 0.3) is 0 Å². The smallest absolute Gasteiger partial charge is 0.165 e. The molecule has 0 aliphatic rings. The fourth-order valence-electron chi connectivity index (χ4n) is 1.84. The zero-order chi connectivity index (χ0) is 15.8. The molecular formula is C19H18F2O. The Morgan fingerprint density at radius 2 is 1.91 bits per heavy atom. The second kappa shape index (κ2) is 8.13. The molecule has 0 aliphatic carbocycles. The molecule has 0 fully saturated rings. The average Bonchev–Trinajstić information content (AvgIpc) is 2.54. The van der Waals surface area contributed by atoms with Crippen LogP contribution in [0.3, 0.4) is 0 Å². The summed E-state index contributed by atoms with van der Waals surface area (Å²) in [7, 11) is 0. The van der Waals surface area contributed by atoms with Crippen LogP contribution in [-0.4, -0.2) is 0 Å². The Balaban J connectivity index is 2.15. The predicted molar refractivity (Wildman–Crippen MR) is 86.0 cm³/mol. The number of rotatable bonds is 6. The summed E-state index contributed by atoms with van der Waals surface area (Å²) in [5.41, 5.74) is 0.673. The van der Waals surface area contributed by atoms with Crippen LogP contribution in [0.25, 0.3) is 6.08 Å². The normalized spacial score (nSPS) is 11.9. The van der Waals surface area contributed by atoms with Crippen LogP contribution in [0.5, 0.6) is 11.5 Å². The molecule has 0 spiro atoms. The van der Waals surface area contributed by atoms with Crippen molar-refractivity contribution >= 4 is 6.08 Å². The van der Waals surface area contributed by atoms with Gasteiger partial charge in [-0.3, -0.25) is 0 Å². The van der Waals surface area contributed by atoms with E-state index in [0.29, 0.717) is 17.7 Å². The number of para-hydroxylation sites is 1. The van der Waals surface area contributed by atoms with Crippen molar-refractivity contribution in [3.8, 4) is 11.5 Å². The van der Waals surface area contributed by atoms with E-state index in [9.17, 15) is 8.78 Å². The molecule has 2 rings (SSSR count). The lowest BCUT2D eigenvalue weighted by Crippen LogP contribution is -1.89. The molecule has 2 aromatic rings. The van der Waals surface area contributed by atoms with Crippen LogP contribution in [0, 0.1) is 5.82 Å². The van der Waals surface area contributed by atoms with Crippen LogP contribution in [0.2, 0.25) is 0 Å². The van der Waals surface area contributed by atoms with E-state index in [1.807, 2.05) is 25.1 Å². The maximum absolute atomic E-state index is 13.8. The van der Waals surface area contributed by atoms with E-state index in [1.165, 1.54) is 18.2 Å². The molecule has 0 bridgehead atoms. The van der Waals surface area contributed by atoms with Gasteiger partial charge in [-0.25, -0.2) is 8.78 Å². The summed E-state index contributed by atoms with van der Waals surface area (Å²) in [5.74, 6) is -0.0810. The van der Waals surface area contributed by atoms with Crippen molar-refractivity contribution in [3.63, 3.8) is 0 Å². The monoisotopic (exact) mass is 300 g/mol. The van der Waals surface area contributed by atoms with Gasteiger partial charge in [-0.05, 0) is 48.4 Å². The van der Waals surface area contributed by atoms with Crippen LogP contribution in [0.15, 0.2) is 66.5 Å². The Kier molecular flexibility index (Phi) is 5.90. The lowest BCUT2D eigenvalue weighted by molar-refractivity contribution is 0.442. The molecule has 0 saturated heterocycles. The molecule has 114 valence electrons. The highest BCUT2D eigenvalue weighted by molar-refractivity contribution is 5.54. The first-order valence-corrected chi connectivity index (χ1v) is 7.25. The molecule has 0 atom stereocenters. The first-order chi connectivity index (χ1) is 10.7. The van der Waals surface area contributed by atoms with Crippen LogP contribution in [0.1, 0.15) is 25.3 Å². The topological polar surface area (TPSA) is 9.23 Å². The molecule has 1 nitrogen and oxygen atoms in total. The van der Waals surface area contributed by atoms with Gasteiger partial charge in [-0.2, -0.15) is 0 Å². The Morgan fingerprint density at radius 3 is 2.64 bits per heavy atom. The van der Waals surface area contributed by atoms with Gasteiger partial charge < -0.3 is 4.74 Å². The molecule has 0 aliphatic heterocycles. The number of hydrogen-bond donors (Lipinski definition) is 0. The molecule has 0 radical (unpaired) electrons. The maximum Gasteiger partial charge on any atom is 0.165 e. The number of allylic oxidation sites excluding steroid dienone is 3. The van der Waals surface area contributed by atoms with Gasteiger partial charge in [0.05, 0.1) is 0 Å². The van der Waals surface area contributed by atoms with E-state index < -0.39 is 5.82 Å². The Hall–Kier alpha value is -2.42. The minimum Gasteiger partial charge on any atom is -0.454 e. The molecule has 0 unspecified atom stereocenters. The SMILES string of the molecule is CCCC=C(F)C=Cc1ccc(F)c(Oc2ccccc2)c1. The van der Waals surface area contributed by atoms with E-state index >= 15 is 0 Å². The lowest BCUT2D eigenvalue weighted by atomic mass is 10.2. The zero-order valence-corrected chi connectivity index (χ0v) is 12.4. The molecule has 2 aromatic carbocycles. The van der Waals surface area contributed by atoms with E-state index in [-0.39, 0.29) is 11.6 Å². The number of benzene rings is 2. The molecule has 0 aromatic heterocycles. The maximum atomic E-state index is 13.8. The van der Waals surface area contributed by atoms with Crippen molar-refractivity contribution in [2.45, 2.75) is 19.8 Å². The minimum atomic E-state index is -0.456. The summed E-state index contributed by atoms with van der Waals surface area (Å²) < 4.78 is 32.8. The first-order valence-electron chi connectivity index (χ1n) is 7.25. The van der Waals surface area contributed by atoms with Crippen LogP contribution in [0.4, 0.5) is 8.78 Å². The number of unbranched alkanes of at least 4 members (excludes halogenated alkanes) is 1.